The van der Waals surface area contributed by atoms with E-state index in [1.807, 2.05) is 72.8 Å². The summed E-state index contributed by atoms with van der Waals surface area (Å²) < 4.78 is 24.4. The molecule has 0 fully saturated rings. The number of carbonyl (C=O) groups is 1. The van der Waals surface area contributed by atoms with Gasteiger partial charge in [-0.05, 0) is 48.5 Å². The summed E-state index contributed by atoms with van der Waals surface area (Å²) in [6.45, 7) is 3.53. The summed E-state index contributed by atoms with van der Waals surface area (Å²) in [6, 6.07) is 34.3. The SMILES string of the molecule is C=CC(=O)OC(Oc1ccccc1)(Oc1ccccc1)c1ccccc1Oc1ccccc1. The first-order chi connectivity index (χ1) is 16.2. The van der Waals surface area contributed by atoms with Gasteiger partial charge in [-0.3, -0.25) is 0 Å². The summed E-state index contributed by atoms with van der Waals surface area (Å²) in [6.07, 6.45) is 1.05. The van der Waals surface area contributed by atoms with Crippen LogP contribution < -0.4 is 14.2 Å². The minimum atomic E-state index is -2.00. The van der Waals surface area contributed by atoms with Crippen molar-refractivity contribution in [3.63, 3.8) is 0 Å². The van der Waals surface area contributed by atoms with E-state index < -0.39 is 11.9 Å². The lowest BCUT2D eigenvalue weighted by Gasteiger charge is -2.33. The number of hydrogen-bond acceptors (Lipinski definition) is 5. The quantitative estimate of drug-likeness (QED) is 0.170. The molecule has 33 heavy (non-hydrogen) atoms. The third-order valence-electron chi connectivity index (χ3n) is 4.58. The van der Waals surface area contributed by atoms with Crippen LogP contribution in [0.3, 0.4) is 0 Å². The highest BCUT2D eigenvalue weighted by atomic mass is 16.9. The Morgan fingerprint density at radius 3 is 1.61 bits per heavy atom. The molecule has 4 rings (SSSR count). The minimum Gasteiger partial charge on any atom is -0.457 e. The molecule has 0 aliphatic heterocycles. The summed E-state index contributed by atoms with van der Waals surface area (Å²) in [7, 11) is 0. The smallest absolute Gasteiger partial charge is 0.453 e. The van der Waals surface area contributed by atoms with Crippen LogP contribution in [0.15, 0.2) is 128 Å². The van der Waals surface area contributed by atoms with E-state index in [-0.39, 0.29) is 0 Å². The predicted octanol–water partition coefficient (Wildman–Crippen LogP) is 6.48. The molecule has 4 aromatic carbocycles. The van der Waals surface area contributed by atoms with E-state index in [0.29, 0.717) is 28.6 Å². The maximum atomic E-state index is 12.5. The standard InChI is InChI=1S/C28H22O5/c1-2-27(29)33-28(31-23-16-8-4-9-17-23,32-24-18-10-5-11-19-24)25-20-12-13-21-26(25)30-22-14-6-3-7-15-22/h2-21H,1H2. The maximum Gasteiger partial charge on any atom is 0.453 e. The monoisotopic (exact) mass is 438 g/mol. The average Bonchev–Trinajstić information content (AvgIpc) is 2.86. The van der Waals surface area contributed by atoms with Crippen LogP contribution in [-0.2, 0) is 15.5 Å². The van der Waals surface area contributed by atoms with E-state index in [1.165, 1.54) is 0 Å². The minimum absolute atomic E-state index is 0.358. The molecule has 0 aromatic heterocycles. The van der Waals surface area contributed by atoms with Crippen LogP contribution in [0.4, 0.5) is 0 Å². The van der Waals surface area contributed by atoms with E-state index >= 15 is 0 Å². The molecule has 164 valence electrons. The van der Waals surface area contributed by atoms with Crippen LogP contribution in [0.2, 0.25) is 0 Å². The van der Waals surface area contributed by atoms with Crippen LogP contribution >= 0.6 is 0 Å². The van der Waals surface area contributed by atoms with Crippen LogP contribution in [0.25, 0.3) is 0 Å². The van der Waals surface area contributed by atoms with Crippen molar-refractivity contribution in [2.45, 2.75) is 5.97 Å². The fourth-order valence-electron chi connectivity index (χ4n) is 3.11. The molecule has 0 aliphatic carbocycles. The van der Waals surface area contributed by atoms with Crippen molar-refractivity contribution >= 4 is 5.97 Å². The Balaban J connectivity index is 1.86. The van der Waals surface area contributed by atoms with Crippen LogP contribution in [-0.4, -0.2) is 5.97 Å². The maximum absolute atomic E-state index is 12.5. The molecule has 0 saturated carbocycles. The Morgan fingerprint density at radius 1 is 0.636 bits per heavy atom. The molecule has 0 saturated heterocycles. The first kappa shape index (κ1) is 21.7. The number of esters is 1. The molecule has 0 bridgehead atoms. The fourth-order valence-corrected chi connectivity index (χ4v) is 3.11. The van der Waals surface area contributed by atoms with Crippen molar-refractivity contribution < 1.29 is 23.7 Å². The second kappa shape index (κ2) is 10.2. The summed E-state index contributed by atoms with van der Waals surface area (Å²) >= 11 is 0. The van der Waals surface area contributed by atoms with Crippen molar-refractivity contribution in [1.82, 2.24) is 0 Å². The van der Waals surface area contributed by atoms with Crippen molar-refractivity contribution in [2.75, 3.05) is 0 Å². The summed E-state index contributed by atoms with van der Waals surface area (Å²) in [5, 5.41) is 0. The van der Waals surface area contributed by atoms with Crippen molar-refractivity contribution in [1.29, 1.82) is 0 Å². The third kappa shape index (κ3) is 5.40. The molecular formula is C28H22O5. The number of para-hydroxylation sites is 4. The van der Waals surface area contributed by atoms with Crippen molar-refractivity contribution in [3.05, 3.63) is 133 Å². The lowest BCUT2D eigenvalue weighted by molar-refractivity contribution is -0.293. The number of rotatable bonds is 9. The van der Waals surface area contributed by atoms with Gasteiger partial charge in [0.05, 0.1) is 0 Å². The Kier molecular flexibility index (Phi) is 6.71. The van der Waals surface area contributed by atoms with Crippen molar-refractivity contribution in [2.24, 2.45) is 0 Å². The molecular weight excluding hydrogens is 416 g/mol. The first-order valence-electron chi connectivity index (χ1n) is 10.3. The highest BCUT2D eigenvalue weighted by Gasteiger charge is 2.45. The summed E-state index contributed by atoms with van der Waals surface area (Å²) in [5.41, 5.74) is 0.358. The number of ether oxygens (including phenoxy) is 4. The second-order valence-electron chi connectivity index (χ2n) is 6.92. The van der Waals surface area contributed by atoms with E-state index in [0.717, 1.165) is 6.08 Å². The third-order valence-corrected chi connectivity index (χ3v) is 4.58. The molecule has 0 amide bonds. The van der Waals surface area contributed by atoms with Gasteiger partial charge in [-0.1, -0.05) is 73.3 Å². The molecule has 0 aliphatic rings. The summed E-state index contributed by atoms with van der Waals surface area (Å²) in [4.78, 5) is 12.5. The molecule has 0 radical (unpaired) electrons. The van der Waals surface area contributed by atoms with E-state index in [1.54, 1.807) is 42.5 Å². The zero-order valence-electron chi connectivity index (χ0n) is 17.8. The number of hydrogen-bond donors (Lipinski definition) is 0. The zero-order valence-corrected chi connectivity index (χ0v) is 17.8. The molecule has 0 spiro atoms. The van der Waals surface area contributed by atoms with Gasteiger partial charge in [-0.2, -0.15) is 0 Å². The van der Waals surface area contributed by atoms with Gasteiger partial charge in [0.15, 0.2) is 0 Å². The van der Waals surface area contributed by atoms with Gasteiger partial charge in [0.1, 0.15) is 28.6 Å². The fraction of sp³-hybridized carbons (Fsp3) is 0.0357. The van der Waals surface area contributed by atoms with Gasteiger partial charge >= 0.3 is 11.9 Å². The first-order valence-corrected chi connectivity index (χ1v) is 10.3. The zero-order chi connectivity index (χ0) is 22.9. The van der Waals surface area contributed by atoms with E-state index in [4.69, 9.17) is 18.9 Å². The van der Waals surface area contributed by atoms with Gasteiger partial charge in [-0.25, -0.2) is 4.79 Å². The molecule has 4 aromatic rings. The van der Waals surface area contributed by atoms with Gasteiger partial charge in [0.2, 0.25) is 0 Å². The second-order valence-corrected chi connectivity index (χ2v) is 6.92. The van der Waals surface area contributed by atoms with Gasteiger partial charge < -0.3 is 18.9 Å². The topological polar surface area (TPSA) is 54.0 Å². The molecule has 5 nitrogen and oxygen atoms in total. The Bertz CT molecular complexity index is 1150. The molecule has 0 atom stereocenters. The Morgan fingerprint density at radius 2 is 1.09 bits per heavy atom. The van der Waals surface area contributed by atoms with Gasteiger partial charge in [-0.15, -0.1) is 0 Å². The number of carbonyl (C=O) groups excluding carboxylic acids is 1. The predicted molar refractivity (Wildman–Crippen MR) is 125 cm³/mol. The van der Waals surface area contributed by atoms with E-state index in [2.05, 4.69) is 6.58 Å². The largest absolute Gasteiger partial charge is 0.457 e. The van der Waals surface area contributed by atoms with Crippen LogP contribution in [0.5, 0.6) is 23.0 Å². The number of benzene rings is 4. The Labute approximate surface area is 192 Å². The lowest BCUT2D eigenvalue weighted by Crippen LogP contribution is -2.44. The van der Waals surface area contributed by atoms with Gasteiger partial charge in [0, 0.05) is 6.08 Å². The normalized spacial score (nSPS) is 10.7. The Hall–Kier alpha value is -4.51. The molecule has 0 N–H and O–H groups in total. The highest BCUT2D eigenvalue weighted by Crippen LogP contribution is 2.39. The van der Waals surface area contributed by atoms with Crippen molar-refractivity contribution in [3.8, 4) is 23.0 Å². The van der Waals surface area contributed by atoms with Gasteiger partial charge in [0.25, 0.3) is 0 Å². The molecule has 0 heterocycles. The molecule has 0 unspecified atom stereocenters. The van der Waals surface area contributed by atoms with Crippen LogP contribution in [0.1, 0.15) is 5.56 Å². The molecule has 5 heteroatoms. The lowest BCUT2D eigenvalue weighted by atomic mass is 10.1. The summed E-state index contributed by atoms with van der Waals surface area (Å²) in [5.74, 6) is -0.865. The van der Waals surface area contributed by atoms with Crippen LogP contribution in [0, 0.1) is 0 Å². The highest BCUT2D eigenvalue weighted by molar-refractivity contribution is 5.81. The van der Waals surface area contributed by atoms with E-state index in [9.17, 15) is 4.79 Å². The average molecular weight is 438 g/mol.